The van der Waals surface area contributed by atoms with Crippen LogP contribution in [-0.4, -0.2) is 18.4 Å². The van der Waals surface area contributed by atoms with Gasteiger partial charge in [-0.1, -0.05) is 24.3 Å². The van der Waals surface area contributed by atoms with Crippen molar-refractivity contribution in [2.75, 3.05) is 10.0 Å². The van der Waals surface area contributed by atoms with Crippen molar-refractivity contribution in [3.63, 3.8) is 0 Å². The van der Waals surface area contributed by atoms with Crippen molar-refractivity contribution in [3.8, 4) is 0 Å². The quantitative estimate of drug-likeness (QED) is 0.721. The number of benzene rings is 1. The van der Waals surface area contributed by atoms with Crippen molar-refractivity contribution in [3.05, 3.63) is 78.8 Å². The lowest BCUT2D eigenvalue weighted by Crippen LogP contribution is -2.13. The fraction of sp³-hybridized carbons (Fsp3) is 0.0588. The summed E-state index contributed by atoms with van der Waals surface area (Å²) < 4.78 is 27.0. The highest BCUT2D eigenvalue weighted by Gasteiger charge is 2.13. The van der Waals surface area contributed by atoms with E-state index in [-0.39, 0.29) is 4.90 Å². The SMILES string of the molecule is O=S(=O)(Nc1ccc(NCc2cccnc2)nc1)c1ccccc1. The van der Waals surface area contributed by atoms with Crippen LogP contribution in [-0.2, 0) is 16.6 Å². The van der Waals surface area contributed by atoms with Crippen LogP contribution >= 0.6 is 0 Å². The van der Waals surface area contributed by atoms with Crippen LogP contribution in [0.25, 0.3) is 0 Å². The molecule has 0 aliphatic heterocycles. The molecule has 3 rings (SSSR count). The number of aromatic nitrogens is 2. The molecule has 0 aliphatic carbocycles. The minimum absolute atomic E-state index is 0.212. The Hall–Kier alpha value is -2.93. The van der Waals surface area contributed by atoms with E-state index in [2.05, 4.69) is 20.0 Å². The molecule has 0 aliphatic rings. The van der Waals surface area contributed by atoms with Gasteiger partial charge in [0.25, 0.3) is 10.0 Å². The molecule has 7 heteroatoms. The summed E-state index contributed by atoms with van der Waals surface area (Å²) in [6.07, 6.45) is 4.97. The van der Waals surface area contributed by atoms with Crippen LogP contribution in [0.15, 0.2) is 78.1 Å². The van der Waals surface area contributed by atoms with Crippen LogP contribution in [0.4, 0.5) is 11.5 Å². The first-order chi connectivity index (χ1) is 11.6. The summed E-state index contributed by atoms with van der Waals surface area (Å²) in [7, 11) is -3.60. The third kappa shape index (κ3) is 4.08. The predicted octanol–water partition coefficient (Wildman–Crippen LogP) is 2.89. The maximum atomic E-state index is 12.2. The number of sulfonamides is 1. The molecule has 2 N–H and O–H groups in total. The summed E-state index contributed by atoms with van der Waals surface area (Å²) in [5, 5.41) is 3.15. The average Bonchev–Trinajstić information content (AvgIpc) is 2.62. The van der Waals surface area contributed by atoms with Crippen molar-refractivity contribution in [1.82, 2.24) is 9.97 Å². The normalized spacial score (nSPS) is 11.0. The molecular formula is C17H16N4O2S. The van der Waals surface area contributed by atoms with Crippen molar-refractivity contribution < 1.29 is 8.42 Å². The van der Waals surface area contributed by atoms with Crippen LogP contribution in [0.1, 0.15) is 5.56 Å². The smallest absolute Gasteiger partial charge is 0.261 e. The van der Waals surface area contributed by atoms with Gasteiger partial charge >= 0.3 is 0 Å². The Labute approximate surface area is 140 Å². The van der Waals surface area contributed by atoms with Crippen LogP contribution < -0.4 is 10.0 Å². The number of nitrogens with zero attached hydrogens (tertiary/aromatic N) is 2. The van der Waals surface area contributed by atoms with Gasteiger partial charge in [0.2, 0.25) is 0 Å². The molecule has 0 radical (unpaired) electrons. The molecule has 24 heavy (non-hydrogen) atoms. The maximum absolute atomic E-state index is 12.2. The van der Waals surface area contributed by atoms with Gasteiger partial charge in [0.1, 0.15) is 5.82 Å². The average molecular weight is 340 g/mol. The zero-order valence-corrected chi connectivity index (χ0v) is 13.6. The Morgan fingerprint density at radius 2 is 1.75 bits per heavy atom. The number of nitrogens with one attached hydrogen (secondary N) is 2. The number of hydrogen-bond acceptors (Lipinski definition) is 5. The monoisotopic (exact) mass is 340 g/mol. The number of pyridine rings is 2. The van der Waals surface area contributed by atoms with Crippen molar-refractivity contribution >= 4 is 21.5 Å². The molecule has 0 fully saturated rings. The fourth-order valence-electron chi connectivity index (χ4n) is 2.07. The van der Waals surface area contributed by atoms with Crippen molar-refractivity contribution in [2.24, 2.45) is 0 Å². The molecule has 0 atom stereocenters. The van der Waals surface area contributed by atoms with E-state index in [1.54, 1.807) is 54.9 Å². The van der Waals surface area contributed by atoms with E-state index in [0.717, 1.165) is 5.56 Å². The first-order valence-corrected chi connectivity index (χ1v) is 8.78. The molecule has 0 unspecified atom stereocenters. The molecule has 122 valence electrons. The molecule has 2 aromatic heterocycles. The van der Waals surface area contributed by atoms with Gasteiger partial charge in [-0.15, -0.1) is 0 Å². The first kappa shape index (κ1) is 15.9. The van der Waals surface area contributed by atoms with Gasteiger partial charge in [-0.2, -0.15) is 0 Å². The lowest BCUT2D eigenvalue weighted by Gasteiger charge is -2.09. The number of hydrogen-bond donors (Lipinski definition) is 2. The van der Waals surface area contributed by atoms with E-state index in [9.17, 15) is 8.42 Å². The topological polar surface area (TPSA) is 84.0 Å². The number of anilines is 2. The minimum atomic E-state index is -3.60. The predicted molar refractivity (Wildman–Crippen MR) is 93.1 cm³/mol. The largest absolute Gasteiger partial charge is 0.366 e. The molecule has 0 spiro atoms. The molecule has 0 saturated carbocycles. The van der Waals surface area contributed by atoms with E-state index >= 15 is 0 Å². The molecule has 2 heterocycles. The van der Waals surface area contributed by atoms with Gasteiger partial charge in [0.05, 0.1) is 16.8 Å². The highest BCUT2D eigenvalue weighted by molar-refractivity contribution is 7.92. The van der Waals surface area contributed by atoms with Gasteiger partial charge in [-0.05, 0) is 35.9 Å². The molecule has 0 saturated heterocycles. The van der Waals surface area contributed by atoms with Crippen LogP contribution in [0.5, 0.6) is 0 Å². The summed E-state index contributed by atoms with van der Waals surface area (Å²) in [6.45, 7) is 0.593. The third-order valence-corrected chi connectivity index (χ3v) is 4.66. The summed E-state index contributed by atoms with van der Waals surface area (Å²) in [5.74, 6) is 0.654. The van der Waals surface area contributed by atoms with Crippen molar-refractivity contribution in [2.45, 2.75) is 11.4 Å². The summed E-state index contributed by atoms with van der Waals surface area (Å²) >= 11 is 0. The molecule has 0 amide bonds. The van der Waals surface area contributed by atoms with Gasteiger partial charge in [0.15, 0.2) is 0 Å². The maximum Gasteiger partial charge on any atom is 0.261 e. The lowest BCUT2D eigenvalue weighted by atomic mass is 10.3. The van der Waals surface area contributed by atoms with E-state index in [1.165, 1.54) is 6.20 Å². The highest BCUT2D eigenvalue weighted by atomic mass is 32.2. The zero-order valence-electron chi connectivity index (χ0n) is 12.8. The van der Waals surface area contributed by atoms with Crippen LogP contribution in [0, 0.1) is 0 Å². The van der Waals surface area contributed by atoms with Gasteiger partial charge in [0, 0.05) is 18.9 Å². The van der Waals surface area contributed by atoms with Gasteiger partial charge in [-0.25, -0.2) is 13.4 Å². The van der Waals surface area contributed by atoms with E-state index in [0.29, 0.717) is 18.1 Å². The van der Waals surface area contributed by atoms with Gasteiger partial charge < -0.3 is 5.32 Å². The Kier molecular flexibility index (Phi) is 4.72. The minimum Gasteiger partial charge on any atom is -0.366 e. The molecule has 1 aromatic carbocycles. The summed E-state index contributed by atoms with van der Waals surface area (Å²) in [6, 6.07) is 15.4. The molecule has 3 aromatic rings. The second-order valence-electron chi connectivity index (χ2n) is 5.07. The molecule has 0 bridgehead atoms. The molecular weight excluding hydrogens is 324 g/mol. The van der Waals surface area contributed by atoms with Crippen LogP contribution in [0.3, 0.4) is 0 Å². The lowest BCUT2D eigenvalue weighted by molar-refractivity contribution is 0.601. The first-order valence-electron chi connectivity index (χ1n) is 7.30. The second kappa shape index (κ2) is 7.10. The van der Waals surface area contributed by atoms with E-state index in [4.69, 9.17) is 0 Å². The Balaban J connectivity index is 1.64. The van der Waals surface area contributed by atoms with Crippen LogP contribution in [0.2, 0.25) is 0 Å². The van der Waals surface area contributed by atoms with E-state index in [1.807, 2.05) is 12.1 Å². The van der Waals surface area contributed by atoms with Gasteiger partial charge in [-0.3, -0.25) is 9.71 Å². The highest BCUT2D eigenvalue weighted by Crippen LogP contribution is 2.16. The Morgan fingerprint density at radius 1 is 0.917 bits per heavy atom. The fourth-order valence-corrected chi connectivity index (χ4v) is 3.13. The molecule has 6 nitrogen and oxygen atoms in total. The summed E-state index contributed by atoms with van der Waals surface area (Å²) in [4.78, 5) is 8.47. The van der Waals surface area contributed by atoms with Crippen molar-refractivity contribution in [1.29, 1.82) is 0 Å². The second-order valence-corrected chi connectivity index (χ2v) is 6.75. The number of rotatable bonds is 6. The standard InChI is InChI=1S/C17H16N4O2S/c22-24(23,16-6-2-1-3-7-16)21-15-8-9-17(20-13-15)19-12-14-5-4-10-18-11-14/h1-11,13,21H,12H2,(H,19,20). The zero-order chi connectivity index (χ0) is 16.8. The Bertz CT molecular complexity index is 883. The summed E-state index contributed by atoms with van der Waals surface area (Å²) in [5.41, 5.74) is 1.44. The van der Waals surface area contributed by atoms with E-state index < -0.39 is 10.0 Å². The third-order valence-electron chi connectivity index (χ3n) is 3.27. The Morgan fingerprint density at radius 3 is 2.42 bits per heavy atom.